The van der Waals surface area contributed by atoms with Crippen LogP contribution < -0.4 is 40.0 Å². The topological polar surface area (TPSA) is 214 Å². The minimum Gasteiger partial charge on any atom is -0.493 e. The van der Waals surface area contributed by atoms with Gasteiger partial charge in [0.15, 0.2) is 17.3 Å². The van der Waals surface area contributed by atoms with Crippen molar-refractivity contribution < 1.29 is 47.8 Å². The van der Waals surface area contributed by atoms with Crippen LogP contribution >= 0.6 is 0 Å². The smallest absolute Gasteiger partial charge is 0.261 e. The standard InChI is InChI=1S/C59H59N7O10/c1-34-20-45-47(61-29-42-24-39-8-4-6-10-49(39)65(42)58(45)72)27-52(34)75-32-35-21-36(33-76-54-28-48-46(26-53(54)74-3)59(73)66-43(30-62-48)25-40-9-5-7-11-50(40)66)23-41(22-35)64-56(70)18-16-44(67)31-63-55(69)19-17-51(68)37-12-14-38(15-13-37)57(71)60-2/h4-11,20-23,26-30,37-38,42-43H,12-19,24-25,31-33H2,1-3H3,(H,60,71)(H,63,69)(H,64,70)/t37?,38?,42-,43-/m0/s1. The Bertz CT molecular complexity index is 3230. The molecule has 0 bridgehead atoms. The summed E-state index contributed by atoms with van der Waals surface area (Å²) in [6.45, 7) is 1.65. The number of carbonyl (C=O) groups excluding carboxylic acids is 7. The van der Waals surface area contributed by atoms with Gasteiger partial charge in [-0.25, -0.2) is 0 Å². The van der Waals surface area contributed by atoms with Crippen LogP contribution in [-0.2, 0) is 50.0 Å². The first-order valence-electron chi connectivity index (χ1n) is 25.8. The molecule has 5 aromatic rings. The van der Waals surface area contributed by atoms with E-state index in [1.807, 2.05) is 67.7 Å². The fraction of sp³-hybridized carbons (Fsp3) is 0.339. The molecular formula is C59H59N7O10. The van der Waals surface area contributed by atoms with E-state index < -0.39 is 11.8 Å². The number of hydrogen-bond acceptors (Lipinski definition) is 12. The molecule has 5 aromatic carbocycles. The molecule has 3 N–H and O–H groups in total. The van der Waals surface area contributed by atoms with E-state index in [4.69, 9.17) is 24.2 Å². The molecule has 4 heterocycles. The summed E-state index contributed by atoms with van der Waals surface area (Å²) in [6.07, 6.45) is 7.11. The number of carbonyl (C=O) groups is 7. The number of nitrogens with zero attached hydrogens (tertiary/aromatic N) is 4. The van der Waals surface area contributed by atoms with Crippen molar-refractivity contribution in [3.8, 4) is 17.2 Å². The molecule has 0 aromatic heterocycles. The molecule has 1 saturated carbocycles. The van der Waals surface area contributed by atoms with Crippen molar-refractivity contribution in [3.05, 3.63) is 130 Å². The molecule has 10 rings (SSSR count). The van der Waals surface area contributed by atoms with Gasteiger partial charge in [-0.2, -0.15) is 0 Å². The molecule has 5 aliphatic rings. The molecule has 17 nitrogen and oxygen atoms in total. The van der Waals surface area contributed by atoms with E-state index in [1.54, 1.807) is 59.5 Å². The predicted octanol–water partition coefficient (Wildman–Crippen LogP) is 8.04. The van der Waals surface area contributed by atoms with Crippen LogP contribution in [-0.4, -0.2) is 86.3 Å². The van der Waals surface area contributed by atoms with Crippen molar-refractivity contribution in [3.63, 3.8) is 0 Å². The number of para-hydroxylation sites is 2. The monoisotopic (exact) mass is 1030 g/mol. The molecular weight excluding hydrogens is 967 g/mol. The van der Waals surface area contributed by atoms with Crippen molar-refractivity contribution in [2.45, 2.75) is 96.4 Å². The molecule has 5 amide bonds. The average Bonchev–Trinajstić information content (AvgIpc) is 3.97. The van der Waals surface area contributed by atoms with Crippen molar-refractivity contribution in [2.24, 2.45) is 21.8 Å². The third-order valence-corrected chi connectivity index (χ3v) is 14.9. The van der Waals surface area contributed by atoms with Crippen molar-refractivity contribution in [1.29, 1.82) is 0 Å². The van der Waals surface area contributed by atoms with Crippen LogP contribution in [0.2, 0.25) is 0 Å². The first-order chi connectivity index (χ1) is 36.8. The summed E-state index contributed by atoms with van der Waals surface area (Å²) in [5.74, 6) is -0.652. The lowest BCUT2D eigenvalue weighted by Crippen LogP contribution is -2.37. The summed E-state index contributed by atoms with van der Waals surface area (Å²) >= 11 is 0. The summed E-state index contributed by atoms with van der Waals surface area (Å²) in [5, 5.41) is 8.15. The minimum atomic E-state index is -0.438. The highest BCUT2D eigenvalue weighted by atomic mass is 16.5. The number of hydrogen-bond donors (Lipinski definition) is 3. The zero-order valence-electron chi connectivity index (χ0n) is 42.7. The number of ketones is 2. The Labute approximate surface area is 440 Å². The van der Waals surface area contributed by atoms with Crippen LogP contribution in [0.1, 0.15) is 99.9 Å². The molecule has 76 heavy (non-hydrogen) atoms. The highest BCUT2D eigenvalue weighted by Crippen LogP contribution is 2.42. The summed E-state index contributed by atoms with van der Waals surface area (Å²) in [5.41, 5.74) is 8.14. The Kier molecular flexibility index (Phi) is 14.9. The van der Waals surface area contributed by atoms with Crippen molar-refractivity contribution in [2.75, 3.05) is 35.8 Å². The second-order valence-electron chi connectivity index (χ2n) is 20.0. The van der Waals surface area contributed by atoms with Crippen LogP contribution in [0.5, 0.6) is 17.2 Å². The maximum absolute atomic E-state index is 14.1. The number of nitrogens with one attached hydrogen (secondary N) is 3. The third-order valence-electron chi connectivity index (χ3n) is 14.9. The Morgan fingerprint density at radius 1 is 0.632 bits per heavy atom. The van der Waals surface area contributed by atoms with Crippen molar-refractivity contribution >= 4 is 82.0 Å². The highest BCUT2D eigenvalue weighted by molar-refractivity contribution is 6.16. The second-order valence-corrected chi connectivity index (χ2v) is 20.0. The molecule has 1 fully saturated rings. The zero-order chi connectivity index (χ0) is 53.0. The number of ether oxygens (including phenoxy) is 3. The van der Waals surface area contributed by atoms with E-state index in [0.717, 1.165) is 28.1 Å². The van der Waals surface area contributed by atoms with E-state index in [9.17, 15) is 33.6 Å². The Morgan fingerprint density at radius 2 is 1.18 bits per heavy atom. The molecule has 4 aliphatic heterocycles. The lowest BCUT2D eigenvalue weighted by atomic mass is 9.79. The van der Waals surface area contributed by atoms with E-state index >= 15 is 0 Å². The number of aliphatic imine (C=N–C) groups is 2. The van der Waals surface area contributed by atoms with Crippen LogP contribution in [0.4, 0.5) is 28.4 Å². The van der Waals surface area contributed by atoms with E-state index in [2.05, 4.69) is 16.0 Å². The van der Waals surface area contributed by atoms with E-state index in [0.29, 0.717) is 95.1 Å². The Balaban J connectivity index is 0.808. The molecule has 17 heteroatoms. The van der Waals surface area contributed by atoms with Gasteiger partial charge in [-0.15, -0.1) is 0 Å². The summed E-state index contributed by atoms with van der Waals surface area (Å²) in [4.78, 5) is 105. The highest BCUT2D eigenvalue weighted by Gasteiger charge is 2.38. The molecule has 390 valence electrons. The Hall–Kier alpha value is -8.47. The van der Waals surface area contributed by atoms with Crippen LogP contribution in [0, 0.1) is 18.8 Å². The average molecular weight is 1030 g/mol. The van der Waals surface area contributed by atoms with Gasteiger partial charge in [-0.05, 0) is 103 Å². The van der Waals surface area contributed by atoms with Gasteiger partial charge in [0.05, 0.1) is 48.2 Å². The molecule has 1 aliphatic carbocycles. The fourth-order valence-corrected chi connectivity index (χ4v) is 10.9. The number of methoxy groups -OCH3 is 1. The summed E-state index contributed by atoms with van der Waals surface area (Å²) in [6, 6.07) is 27.6. The van der Waals surface area contributed by atoms with Gasteiger partial charge in [0.1, 0.15) is 24.7 Å². The number of benzene rings is 5. The minimum absolute atomic E-state index is 0.00369. The number of Topliss-reactive ketones (excluding diaryl/α,β-unsaturated/α-hetero) is 2. The molecule has 0 spiro atoms. The van der Waals surface area contributed by atoms with Gasteiger partial charge in [0, 0.05) is 99.0 Å². The molecule has 0 radical (unpaired) electrons. The number of aryl methyl sites for hydroxylation is 1. The number of amides is 5. The number of anilines is 3. The normalized spacial score (nSPS) is 18.7. The van der Waals surface area contributed by atoms with Gasteiger partial charge in [0.2, 0.25) is 17.7 Å². The number of fused-ring (bicyclic) bond motifs is 8. The van der Waals surface area contributed by atoms with Crippen LogP contribution in [0.15, 0.2) is 101 Å². The lowest BCUT2D eigenvalue weighted by molar-refractivity contribution is -0.130. The van der Waals surface area contributed by atoms with Gasteiger partial charge in [0.25, 0.3) is 11.8 Å². The number of rotatable bonds is 18. The third kappa shape index (κ3) is 10.9. The summed E-state index contributed by atoms with van der Waals surface area (Å²) < 4.78 is 18.6. The predicted molar refractivity (Wildman–Crippen MR) is 287 cm³/mol. The SMILES string of the molecule is CNC(=O)C1CCC(C(=O)CCC(=O)NCC(=O)CCC(=O)Nc2cc(COc3cc4c(cc3C)C(=O)N3c5ccccc5C[C@H]3C=N4)cc(COc3cc4c(cc3OC)C(=O)N3c5ccccc5C[C@H]3C=N4)c2)CC1. The van der Waals surface area contributed by atoms with Gasteiger partial charge in [-0.3, -0.25) is 53.3 Å². The van der Waals surface area contributed by atoms with Gasteiger partial charge in [-0.1, -0.05) is 36.4 Å². The van der Waals surface area contributed by atoms with Crippen molar-refractivity contribution in [1.82, 2.24) is 10.6 Å². The maximum Gasteiger partial charge on any atom is 0.261 e. The fourth-order valence-electron chi connectivity index (χ4n) is 10.9. The molecule has 2 atom stereocenters. The van der Waals surface area contributed by atoms with Crippen LogP contribution in [0.3, 0.4) is 0 Å². The van der Waals surface area contributed by atoms with Crippen LogP contribution in [0.25, 0.3) is 0 Å². The largest absolute Gasteiger partial charge is 0.493 e. The van der Waals surface area contributed by atoms with E-state index in [-0.39, 0.29) is 98.6 Å². The second kappa shape index (κ2) is 22.2. The maximum atomic E-state index is 14.1. The van der Waals surface area contributed by atoms with Gasteiger partial charge < -0.3 is 30.2 Å². The lowest BCUT2D eigenvalue weighted by Gasteiger charge is -2.26. The first kappa shape index (κ1) is 51.0. The summed E-state index contributed by atoms with van der Waals surface area (Å²) in [7, 11) is 3.10. The molecule has 0 unspecified atom stereocenters. The Morgan fingerprint density at radius 3 is 1.79 bits per heavy atom. The quantitative estimate of drug-likeness (QED) is 0.0768. The zero-order valence-corrected chi connectivity index (χ0v) is 42.7. The van der Waals surface area contributed by atoms with Gasteiger partial charge >= 0.3 is 0 Å². The van der Waals surface area contributed by atoms with E-state index in [1.165, 1.54) is 7.11 Å². The molecule has 0 saturated heterocycles. The first-order valence-corrected chi connectivity index (χ1v) is 25.8.